The van der Waals surface area contributed by atoms with Gasteiger partial charge in [-0.1, -0.05) is 50.6 Å². The molecular weight excluding hydrogens is 222 g/mol. The van der Waals surface area contributed by atoms with E-state index in [0.29, 0.717) is 0 Å². The lowest BCUT2D eigenvalue weighted by Crippen LogP contribution is -2.13. The topological polar surface area (TPSA) is 40.7 Å². The molecule has 18 heavy (non-hydrogen) atoms. The second-order valence-corrected chi connectivity index (χ2v) is 4.43. The van der Waals surface area contributed by atoms with E-state index in [9.17, 15) is 0 Å². The van der Waals surface area contributed by atoms with Gasteiger partial charge in [-0.25, -0.2) is 0 Å². The maximum absolute atomic E-state index is 4.49. The van der Waals surface area contributed by atoms with Crippen molar-refractivity contribution >= 4 is 0 Å². The summed E-state index contributed by atoms with van der Waals surface area (Å²) in [6, 6.07) is 10.4. The zero-order valence-corrected chi connectivity index (χ0v) is 11.2. The number of hydrogen-bond donors (Lipinski definition) is 2. The molecule has 0 aliphatic carbocycles. The molecule has 0 saturated heterocycles. The van der Waals surface area contributed by atoms with Crippen LogP contribution in [-0.4, -0.2) is 16.7 Å². The lowest BCUT2D eigenvalue weighted by atomic mass is 10.0. The molecule has 3 nitrogen and oxygen atoms in total. The van der Waals surface area contributed by atoms with Gasteiger partial charge in [0.05, 0.1) is 11.4 Å². The number of aromatic nitrogens is 2. The van der Waals surface area contributed by atoms with Crippen LogP contribution in [0.1, 0.15) is 31.5 Å². The second kappa shape index (κ2) is 6.36. The fourth-order valence-corrected chi connectivity index (χ4v) is 2.15. The van der Waals surface area contributed by atoms with E-state index in [4.69, 9.17) is 0 Å². The first-order valence-electron chi connectivity index (χ1n) is 6.69. The molecule has 0 amide bonds. The Morgan fingerprint density at radius 1 is 1.17 bits per heavy atom. The van der Waals surface area contributed by atoms with Crippen LogP contribution in [0.3, 0.4) is 0 Å². The highest BCUT2D eigenvalue weighted by atomic mass is 15.1. The average molecular weight is 243 g/mol. The number of nitrogens with one attached hydrogen (secondary N) is 2. The zero-order chi connectivity index (χ0) is 12.8. The molecule has 0 radical (unpaired) electrons. The third-order valence-electron chi connectivity index (χ3n) is 3.05. The van der Waals surface area contributed by atoms with Crippen molar-refractivity contribution in [1.29, 1.82) is 0 Å². The molecule has 0 atom stereocenters. The van der Waals surface area contributed by atoms with E-state index in [1.54, 1.807) is 0 Å². The molecule has 0 aliphatic heterocycles. The first-order chi connectivity index (χ1) is 8.86. The summed E-state index contributed by atoms with van der Waals surface area (Å²) in [4.78, 5) is 0. The van der Waals surface area contributed by atoms with Gasteiger partial charge in [-0.05, 0) is 13.0 Å². The average Bonchev–Trinajstić information content (AvgIpc) is 2.81. The first-order valence-corrected chi connectivity index (χ1v) is 6.69. The predicted molar refractivity (Wildman–Crippen MR) is 75.4 cm³/mol. The molecule has 0 spiro atoms. The van der Waals surface area contributed by atoms with Gasteiger partial charge < -0.3 is 5.32 Å². The number of aromatic amines is 1. The lowest BCUT2D eigenvalue weighted by molar-refractivity contribution is 0.699. The molecule has 1 aromatic heterocycles. The summed E-state index contributed by atoms with van der Waals surface area (Å²) < 4.78 is 0. The Hall–Kier alpha value is -1.61. The van der Waals surface area contributed by atoms with Crippen LogP contribution in [-0.2, 0) is 13.0 Å². The van der Waals surface area contributed by atoms with Crippen LogP contribution >= 0.6 is 0 Å². The Morgan fingerprint density at radius 2 is 1.94 bits per heavy atom. The van der Waals surface area contributed by atoms with Crippen molar-refractivity contribution in [1.82, 2.24) is 15.5 Å². The van der Waals surface area contributed by atoms with Crippen LogP contribution in [0.15, 0.2) is 30.3 Å². The van der Waals surface area contributed by atoms with Gasteiger partial charge in [0, 0.05) is 17.7 Å². The van der Waals surface area contributed by atoms with Crippen LogP contribution in [0, 0.1) is 0 Å². The summed E-state index contributed by atoms with van der Waals surface area (Å²) in [5.41, 5.74) is 4.87. The van der Waals surface area contributed by atoms with Crippen molar-refractivity contribution in [3.8, 4) is 11.3 Å². The van der Waals surface area contributed by atoms with E-state index < -0.39 is 0 Å². The fourth-order valence-electron chi connectivity index (χ4n) is 2.15. The highest BCUT2D eigenvalue weighted by Gasteiger charge is 2.13. The molecule has 1 aromatic carbocycles. The maximum Gasteiger partial charge on any atom is 0.0955 e. The van der Waals surface area contributed by atoms with E-state index in [-0.39, 0.29) is 0 Å². The first kappa shape index (κ1) is 12.8. The largest absolute Gasteiger partial charge is 0.311 e. The SMILES string of the molecule is CCCc1c(-c2ccccc2)n[nH]c1CNCC. The molecule has 0 unspecified atom stereocenters. The molecule has 1 heterocycles. The molecule has 2 N–H and O–H groups in total. The van der Waals surface area contributed by atoms with Gasteiger partial charge in [0.1, 0.15) is 0 Å². The van der Waals surface area contributed by atoms with Crippen molar-refractivity contribution in [2.75, 3.05) is 6.54 Å². The van der Waals surface area contributed by atoms with E-state index in [1.807, 2.05) is 6.07 Å². The molecule has 0 fully saturated rings. The van der Waals surface area contributed by atoms with Gasteiger partial charge in [-0.15, -0.1) is 0 Å². The normalized spacial score (nSPS) is 10.8. The molecule has 0 aliphatic rings. The summed E-state index contributed by atoms with van der Waals surface area (Å²) in [6.07, 6.45) is 2.21. The van der Waals surface area contributed by atoms with Crippen molar-refractivity contribution in [2.24, 2.45) is 0 Å². The minimum Gasteiger partial charge on any atom is -0.311 e. The number of benzene rings is 1. The third-order valence-corrected chi connectivity index (χ3v) is 3.05. The lowest BCUT2D eigenvalue weighted by Gasteiger charge is -2.05. The van der Waals surface area contributed by atoms with Gasteiger partial charge in [0.25, 0.3) is 0 Å². The van der Waals surface area contributed by atoms with E-state index in [1.165, 1.54) is 16.8 Å². The molecule has 2 aromatic rings. The Morgan fingerprint density at radius 3 is 2.61 bits per heavy atom. The molecular formula is C15H21N3. The summed E-state index contributed by atoms with van der Waals surface area (Å²) in [7, 11) is 0. The monoisotopic (exact) mass is 243 g/mol. The summed E-state index contributed by atoms with van der Waals surface area (Å²) in [5.74, 6) is 0. The van der Waals surface area contributed by atoms with Crippen molar-refractivity contribution < 1.29 is 0 Å². The smallest absolute Gasteiger partial charge is 0.0955 e. The zero-order valence-electron chi connectivity index (χ0n) is 11.2. The third kappa shape index (κ3) is 2.79. The van der Waals surface area contributed by atoms with Crippen molar-refractivity contribution in [3.63, 3.8) is 0 Å². The van der Waals surface area contributed by atoms with E-state index in [0.717, 1.165) is 31.6 Å². The van der Waals surface area contributed by atoms with Gasteiger partial charge in [-0.2, -0.15) is 5.10 Å². The van der Waals surface area contributed by atoms with Crippen LogP contribution < -0.4 is 5.32 Å². The van der Waals surface area contributed by atoms with Crippen LogP contribution in [0.5, 0.6) is 0 Å². The second-order valence-electron chi connectivity index (χ2n) is 4.43. The summed E-state index contributed by atoms with van der Waals surface area (Å²) in [6.45, 7) is 6.17. The van der Waals surface area contributed by atoms with Crippen LogP contribution in [0.25, 0.3) is 11.3 Å². The molecule has 2 rings (SSSR count). The van der Waals surface area contributed by atoms with Gasteiger partial charge in [-0.3, -0.25) is 5.10 Å². The summed E-state index contributed by atoms with van der Waals surface area (Å²) >= 11 is 0. The maximum atomic E-state index is 4.49. The minimum absolute atomic E-state index is 0.867. The Labute approximate surface area is 109 Å². The number of nitrogens with zero attached hydrogens (tertiary/aromatic N) is 1. The van der Waals surface area contributed by atoms with Crippen molar-refractivity contribution in [2.45, 2.75) is 33.2 Å². The Bertz CT molecular complexity index is 474. The highest BCUT2D eigenvalue weighted by Crippen LogP contribution is 2.24. The van der Waals surface area contributed by atoms with E-state index >= 15 is 0 Å². The van der Waals surface area contributed by atoms with Crippen LogP contribution in [0.2, 0.25) is 0 Å². The number of H-pyrrole nitrogens is 1. The van der Waals surface area contributed by atoms with E-state index in [2.05, 4.69) is 53.6 Å². The number of hydrogen-bond acceptors (Lipinski definition) is 2. The van der Waals surface area contributed by atoms with Gasteiger partial charge >= 0.3 is 0 Å². The highest BCUT2D eigenvalue weighted by molar-refractivity contribution is 5.63. The minimum atomic E-state index is 0.867. The van der Waals surface area contributed by atoms with Crippen molar-refractivity contribution in [3.05, 3.63) is 41.6 Å². The molecule has 0 saturated carbocycles. The summed E-state index contributed by atoms with van der Waals surface area (Å²) in [5, 5.41) is 11.0. The standard InChI is InChI=1S/C15H21N3/c1-3-8-13-14(11-16-4-2)17-18-15(13)12-9-6-5-7-10-12/h5-7,9-10,16H,3-4,8,11H2,1-2H3,(H,17,18). The molecule has 0 bridgehead atoms. The molecule has 3 heteroatoms. The predicted octanol–water partition coefficient (Wildman–Crippen LogP) is 3.14. The van der Waals surface area contributed by atoms with Gasteiger partial charge in [0.15, 0.2) is 0 Å². The Kier molecular flexibility index (Phi) is 4.53. The quantitative estimate of drug-likeness (QED) is 0.818. The number of rotatable bonds is 6. The Balaban J connectivity index is 2.32. The van der Waals surface area contributed by atoms with Gasteiger partial charge in [0.2, 0.25) is 0 Å². The fraction of sp³-hybridized carbons (Fsp3) is 0.400. The molecule has 96 valence electrons. The van der Waals surface area contributed by atoms with Crippen LogP contribution in [0.4, 0.5) is 0 Å².